The molecule has 1 aromatic heterocycles. The van der Waals surface area contributed by atoms with E-state index in [0.717, 1.165) is 11.6 Å². The molecular weight excluding hydrogens is 240 g/mol. The van der Waals surface area contributed by atoms with Gasteiger partial charge in [0.15, 0.2) is 0 Å². The lowest BCUT2D eigenvalue weighted by Gasteiger charge is -2.28. The van der Waals surface area contributed by atoms with Crippen LogP contribution >= 0.6 is 0 Å². The standard InChI is InChI=1S/C15H22N2O2/c1-2-11-6-8-12(9-7-11)16-10-13-4-3-5-14(17-13)15(18)19/h3-5,11-12,16H,2,6-10H2,1H3,(H,18,19). The number of nitrogens with zero attached hydrogens (tertiary/aromatic N) is 1. The number of carboxylic acid groups (broad SMARTS) is 1. The largest absolute Gasteiger partial charge is 0.477 e. The fourth-order valence-electron chi connectivity index (χ4n) is 2.72. The highest BCUT2D eigenvalue weighted by Gasteiger charge is 2.19. The Morgan fingerprint density at radius 3 is 2.74 bits per heavy atom. The molecule has 1 aromatic rings. The lowest BCUT2D eigenvalue weighted by molar-refractivity contribution is 0.0690. The van der Waals surface area contributed by atoms with Gasteiger partial charge in [0.1, 0.15) is 5.69 Å². The zero-order valence-electron chi connectivity index (χ0n) is 11.4. The van der Waals surface area contributed by atoms with Crippen molar-refractivity contribution in [3.8, 4) is 0 Å². The van der Waals surface area contributed by atoms with Gasteiger partial charge in [-0.15, -0.1) is 0 Å². The zero-order valence-corrected chi connectivity index (χ0v) is 11.4. The summed E-state index contributed by atoms with van der Waals surface area (Å²) >= 11 is 0. The van der Waals surface area contributed by atoms with Gasteiger partial charge in [-0.1, -0.05) is 19.4 Å². The summed E-state index contributed by atoms with van der Waals surface area (Å²) in [6.45, 7) is 2.92. The summed E-state index contributed by atoms with van der Waals surface area (Å²) < 4.78 is 0. The molecule has 1 fully saturated rings. The second kappa shape index (κ2) is 6.66. The van der Waals surface area contributed by atoms with Crippen LogP contribution in [0.15, 0.2) is 18.2 Å². The molecule has 0 radical (unpaired) electrons. The Kier molecular flexibility index (Phi) is 4.91. The highest BCUT2D eigenvalue weighted by atomic mass is 16.4. The molecule has 2 rings (SSSR count). The quantitative estimate of drug-likeness (QED) is 0.856. The minimum atomic E-state index is -0.967. The summed E-state index contributed by atoms with van der Waals surface area (Å²) in [5.74, 6) is -0.0724. The highest BCUT2D eigenvalue weighted by molar-refractivity contribution is 5.85. The maximum Gasteiger partial charge on any atom is 0.354 e. The predicted octanol–water partition coefficient (Wildman–Crippen LogP) is 2.84. The normalized spacial score (nSPS) is 23.2. The Hall–Kier alpha value is -1.42. The lowest BCUT2D eigenvalue weighted by atomic mass is 9.84. The summed E-state index contributed by atoms with van der Waals surface area (Å²) in [7, 11) is 0. The fraction of sp³-hybridized carbons (Fsp3) is 0.600. The Bertz CT molecular complexity index is 426. The molecule has 1 aliphatic carbocycles. The predicted molar refractivity (Wildman–Crippen MR) is 74.1 cm³/mol. The monoisotopic (exact) mass is 262 g/mol. The van der Waals surface area contributed by atoms with Gasteiger partial charge < -0.3 is 10.4 Å². The molecule has 0 saturated heterocycles. The van der Waals surface area contributed by atoms with Crippen LogP contribution in [0.1, 0.15) is 55.2 Å². The molecule has 104 valence electrons. The SMILES string of the molecule is CCC1CCC(NCc2cccc(C(=O)O)n2)CC1. The summed E-state index contributed by atoms with van der Waals surface area (Å²) in [6, 6.07) is 5.70. The number of hydrogen-bond acceptors (Lipinski definition) is 3. The minimum Gasteiger partial charge on any atom is -0.477 e. The van der Waals surface area contributed by atoms with E-state index >= 15 is 0 Å². The molecule has 0 atom stereocenters. The smallest absolute Gasteiger partial charge is 0.354 e. The fourth-order valence-corrected chi connectivity index (χ4v) is 2.72. The number of carboxylic acids is 1. The van der Waals surface area contributed by atoms with Crippen LogP contribution in [0, 0.1) is 5.92 Å². The van der Waals surface area contributed by atoms with Crippen LogP contribution < -0.4 is 5.32 Å². The topological polar surface area (TPSA) is 62.2 Å². The van der Waals surface area contributed by atoms with Crippen LogP contribution in [0.5, 0.6) is 0 Å². The van der Waals surface area contributed by atoms with Gasteiger partial charge in [-0.3, -0.25) is 0 Å². The van der Waals surface area contributed by atoms with Crippen molar-refractivity contribution in [1.82, 2.24) is 10.3 Å². The number of aromatic carboxylic acids is 1. The molecule has 0 spiro atoms. The Morgan fingerprint density at radius 1 is 1.37 bits per heavy atom. The first-order valence-electron chi connectivity index (χ1n) is 7.11. The maximum atomic E-state index is 10.8. The molecule has 1 aliphatic rings. The van der Waals surface area contributed by atoms with E-state index in [1.807, 2.05) is 6.07 Å². The Morgan fingerprint density at radius 2 is 2.11 bits per heavy atom. The van der Waals surface area contributed by atoms with Crippen molar-refractivity contribution in [2.75, 3.05) is 0 Å². The number of carbonyl (C=O) groups is 1. The van der Waals surface area contributed by atoms with E-state index < -0.39 is 5.97 Å². The van der Waals surface area contributed by atoms with E-state index in [1.54, 1.807) is 6.07 Å². The van der Waals surface area contributed by atoms with Crippen LogP contribution in [0.2, 0.25) is 0 Å². The van der Waals surface area contributed by atoms with Crippen molar-refractivity contribution >= 4 is 5.97 Å². The van der Waals surface area contributed by atoms with Crippen LogP contribution in [-0.2, 0) is 6.54 Å². The van der Waals surface area contributed by atoms with E-state index in [9.17, 15) is 4.79 Å². The maximum absolute atomic E-state index is 10.8. The third kappa shape index (κ3) is 4.03. The van der Waals surface area contributed by atoms with Crippen molar-refractivity contribution < 1.29 is 9.90 Å². The Balaban J connectivity index is 1.82. The van der Waals surface area contributed by atoms with Crippen LogP contribution in [0.4, 0.5) is 0 Å². The van der Waals surface area contributed by atoms with Crippen LogP contribution in [0.25, 0.3) is 0 Å². The van der Waals surface area contributed by atoms with Crippen molar-refractivity contribution in [1.29, 1.82) is 0 Å². The lowest BCUT2D eigenvalue weighted by Crippen LogP contribution is -2.33. The summed E-state index contributed by atoms with van der Waals surface area (Å²) in [4.78, 5) is 15.0. The third-order valence-electron chi connectivity index (χ3n) is 4.02. The molecule has 1 saturated carbocycles. The van der Waals surface area contributed by atoms with Gasteiger partial charge in [-0.2, -0.15) is 0 Å². The molecule has 4 heteroatoms. The van der Waals surface area contributed by atoms with Gasteiger partial charge in [-0.05, 0) is 43.7 Å². The van der Waals surface area contributed by atoms with Gasteiger partial charge in [0.05, 0.1) is 5.69 Å². The summed E-state index contributed by atoms with van der Waals surface area (Å²) in [5.41, 5.74) is 0.923. The number of rotatable bonds is 5. The van der Waals surface area contributed by atoms with Gasteiger partial charge in [-0.25, -0.2) is 9.78 Å². The van der Waals surface area contributed by atoms with E-state index in [2.05, 4.69) is 17.2 Å². The average Bonchev–Trinajstić information content (AvgIpc) is 2.46. The molecule has 0 amide bonds. The van der Waals surface area contributed by atoms with E-state index in [-0.39, 0.29) is 5.69 Å². The molecule has 1 heterocycles. The second-order valence-corrected chi connectivity index (χ2v) is 5.33. The molecule has 0 aliphatic heterocycles. The first-order chi connectivity index (χ1) is 9.19. The third-order valence-corrected chi connectivity index (χ3v) is 4.02. The van der Waals surface area contributed by atoms with Crippen molar-refractivity contribution in [3.63, 3.8) is 0 Å². The molecule has 2 N–H and O–H groups in total. The minimum absolute atomic E-state index is 0.119. The highest BCUT2D eigenvalue weighted by Crippen LogP contribution is 2.26. The molecule has 4 nitrogen and oxygen atoms in total. The first kappa shape index (κ1) is 14.0. The molecule has 0 bridgehead atoms. The number of hydrogen-bond donors (Lipinski definition) is 2. The second-order valence-electron chi connectivity index (χ2n) is 5.33. The van der Waals surface area contributed by atoms with E-state index in [1.165, 1.54) is 38.2 Å². The van der Waals surface area contributed by atoms with Gasteiger partial charge in [0, 0.05) is 12.6 Å². The number of nitrogens with one attached hydrogen (secondary N) is 1. The zero-order chi connectivity index (χ0) is 13.7. The van der Waals surface area contributed by atoms with E-state index in [0.29, 0.717) is 12.6 Å². The van der Waals surface area contributed by atoms with Gasteiger partial charge >= 0.3 is 5.97 Å². The van der Waals surface area contributed by atoms with Crippen molar-refractivity contribution in [3.05, 3.63) is 29.6 Å². The molecule has 0 aromatic carbocycles. The summed E-state index contributed by atoms with van der Waals surface area (Å²) in [5, 5.41) is 12.4. The number of aromatic nitrogens is 1. The van der Waals surface area contributed by atoms with Gasteiger partial charge in [0.2, 0.25) is 0 Å². The van der Waals surface area contributed by atoms with E-state index in [4.69, 9.17) is 5.11 Å². The average molecular weight is 262 g/mol. The van der Waals surface area contributed by atoms with Gasteiger partial charge in [0.25, 0.3) is 0 Å². The van der Waals surface area contributed by atoms with Crippen LogP contribution in [0.3, 0.4) is 0 Å². The summed E-state index contributed by atoms with van der Waals surface area (Å²) in [6.07, 6.45) is 6.33. The van der Waals surface area contributed by atoms with Crippen molar-refractivity contribution in [2.24, 2.45) is 5.92 Å². The molecule has 19 heavy (non-hydrogen) atoms. The van der Waals surface area contributed by atoms with Crippen LogP contribution in [-0.4, -0.2) is 22.1 Å². The molecular formula is C15H22N2O2. The van der Waals surface area contributed by atoms with Crippen molar-refractivity contribution in [2.45, 2.75) is 51.6 Å². The Labute approximate surface area is 114 Å². The number of pyridine rings is 1. The molecule has 0 unspecified atom stereocenters. The first-order valence-corrected chi connectivity index (χ1v) is 7.11.